The molecule has 1 fully saturated rings. The van der Waals surface area contributed by atoms with Gasteiger partial charge in [-0.05, 0) is 48.9 Å². The van der Waals surface area contributed by atoms with Crippen LogP contribution in [0.3, 0.4) is 0 Å². The molecule has 3 rings (SSSR count). The Kier molecular flexibility index (Phi) is 5.02. The Balaban J connectivity index is 1.62. The fraction of sp³-hybridized carbons (Fsp3) is 0.222. The quantitative estimate of drug-likeness (QED) is 0.795. The van der Waals surface area contributed by atoms with Crippen LogP contribution >= 0.6 is 0 Å². The maximum atomic E-state index is 13.0. The van der Waals surface area contributed by atoms with Crippen LogP contribution in [-0.2, 0) is 11.0 Å². The highest BCUT2D eigenvalue weighted by atomic mass is 19.4. The maximum absolute atomic E-state index is 13.0. The smallest absolute Gasteiger partial charge is 0.326 e. The van der Waals surface area contributed by atoms with E-state index in [1.165, 1.54) is 41.3 Å². The third-order valence-corrected chi connectivity index (χ3v) is 4.10. The molecule has 1 atom stereocenters. The Morgan fingerprint density at radius 3 is 2.48 bits per heavy atom. The Morgan fingerprint density at radius 1 is 1.11 bits per heavy atom. The molecule has 1 aliphatic rings. The second-order valence-electron chi connectivity index (χ2n) is 5.98. The number of benzene rings is 2. The monoisotopic (exact) mass is 381 g/mol. The molecule has 27 heavy (non-hydrogen) atoms. The summed E-state index contributed by atoms with van der Waals surface area (Å²) in [5.41, 5.74) is -0.424. The van der Waals surface area contributed by atoms with Gasteiger partial charge in [0.2, 0.25) is 5.91 Å². The number of nitrogens with zero attached hydrogens (tertiary/aromatic N) is 1. The van der Waals surface area contributed by atoms with Crippen molar-refractivity contribution in [3.8, 4) is 0 Å². The van der Waals surface area contributed by atoms with E-state index >= 15 is 0 Å². The fourth-order valence-corrected chi connectivity index (χ4v) is 2.79. The van der Waals surface area contributed by atoms with E-state index in [1.54, 1.807) is 0 Å². The SMILES string of the molecule is O=C(Nc1cccc(C(F)(F)F)c1)N[C@@H]1CCN(c2ccc(F)cc2)C1=O. The minimum atomic E-state index is -4.52. The molecule has 0 bridgehead atoms. The lowest BCUT2D eigenvalue weighted by Gasteiger charge is -2.17. The van der Waals surface area contributed by atoms with Crippen molar-refractivity contribution in [2.45, 2.75) is 18.6 Å². The van der Waals surface area contributed by atoms with Crippen LogP contribution in [0.5, 0.6) is 0 Å². The highest BCUT2D eigenvalue weighted by molar-refractivity contribution is 6.02. The topological polar surface area (TPSA) is 61.4 Å². The summed E-state index contributed by atoms with van der Waals surface area (Å²) in [5, 5.41) is 4.74. The number of halogens is 4. The summed E-state index contributed by atoms with van der Waals surface area (Å²) < 4.78 is 51.1. The molecular formula is C18H15F4N3O2. The molecule has 2 N–H and O–H groups in total. The van der Waals surface area contributed by atoms with Crippen LogP contribution in [0.4, 0.5) is 33.7 Å². The van der Waals surface area contributed by atoms with Gasteiger partial charge in [0.05, 0.1) is 5.56 Å². The third-order valence-electron chi connectivity index (χ3n) is 4.10. The number of carbonyl (C=O) groups is 2. The first-order valence-corrected chi connectivity index (χ1v) is 8.06. The fourth-order valence-electron chi connectivity index (χ4n) is 2.79. The molecule has 142 valence electrons. The van der Waals surface area contributed by atoms with Gasteiger partial charge in [-0.2, -0.15) is 13.2 Å². The largest absolute Gasteiger partial charge is 0.416 e. The number of alkyl halides is 3. The van der Waals surface area contributed by atoms with Crippen molar-refractivity contribution in [2.24, 2.45) is 0 Å². The zero-order chi connectivity index (χ0) is 19.6. The normalized spacial score (nSPS) is 17.1. The van der Waals surface area contributed by atoms with Crippen molar-refractivity contribution in [1.82, 2.24) is 5.32 Å². The van der Waals surface area contributed by atoms with E-state index in [-0.39, 0.29) is 11.6 Å². The lowest BCUT2D eigenvalue weighted by molar-refractivity contribution is -0.137. The Labute approximate surface area is 152 Å². The van der Waals surface area contributed by atoms with Crippen LogP contribution in [0.25, 0.3) is 0 Å². The van der Waals surface area contributed by atoms with Crippen molar-refractivity contribution < 1.29 is 27.2 Å². The van der Waals surface area contributed by atoms with Crippen LogP contribution in [0.15, 0.2) is 48.5 Å². The molecule has 2 aromatic rings. The summed E-state index contributed by atoms with van der Waals surface area (Å²) in [5.74, 6) is -0.804. The van der Waals surface area contributed by atoms with Gasteiger partial charge in [-0.25, -0.2) is 9.18 Å². The van der Waals surface area contributed by atoms with Crippen LogP contribution in [0.1, 0.15) is 12.0 Å². The average molecular weight is 381 g/mol. The van der Waals surface area contributed by atoms with Crippen molar-refractivity contribution in [3.63, 3.8) is 0 Å². The third kappa shape index (κ3) is 4.36. The highest BCUT2D eigenvalue weighted by Crippen LogP contribution is 2.30. The molecule has 3 amide bonds. The molecule has 1 aliphatic heterocycles. The molecule has 1 saturated heterocycles. The molecule has 0 saturated carbocycles. The number of anilines is 2. The number of hydrogen-bond donors (Lipinski definition) is 2. The number of amides is 3. The second kappa shape index (κ2) is 7.26. The van der Waals surface area contributed by atoms with Crippen molar-refractivity contribution in [2.75, 3.05) is 16.8 Å². The molecule has 0 spiro atoms. The summed E-state index contributed by atoms with van der Waals surface area (Å²) in [4.78, 5) is 25.9. The van der Waals surface area contributed by atoms with E-state index < -0.39 is 29.6 Å². The lowest BCUT2D eigenvalue weighted by Crippen LogP contribution is -2.43. The summed E-state index contributed by atoms with van der Waals surface area (Å²) >= 11 is 0. The zero-order valence-corrected chi connectivity index (χ0v) is 13.9. The summed E-state index contributed by atoms with van der Waals surface area (Å²) in [6.07, 6.45) is -4.20. The van der Waals surface area contributed by atoms with Crippen LogP contribution in [0, 0.1) is 5.82 Å². The van der Waals surface area contributed by atoms with Crippen molar-refractivity contribution >= 4 is 23.3 Å². The highest BCUT2D eigenvalue weighted by Gasteiger charge is 2.34. The molecule has 1 heterocycles. The van der Waals surface area contributed by atoms with Gasteiger partial charge in [0.25, 0.3) is 0 Å². The average Bonchev–Trinajstić information content (AvgIpc) is 2.96. The van der Waals surface area contributed by atoms with Gasteiger partial charge >= 0.3 is 12.2 Å². The van der Waals surface area contributed by atoms with E-state index in [0.29, 0.717) is 18.7 Å². The molecule has 9 heteroatoms. The summed E-state index contributed by atoms with van der Waals surface area (Å²) in [6.45, 7) is 0.332. The molecule has 0 unspecified atom stereocenters. The Hall–Kier alpha value is -3.10. The molecule has 0 aromatic heterocycles. The second-order valence-corrected chi connectivity index (χ2v) is 5.98. The first kappa shape index (κ1) is 18.7. The minimum absolute atomic E-state index is 0.0387. The maximum Gasteiger partial charge on any atom is 0.416 e. The number of nitrogens with one attached hydrogen (secondary N) is 2. The number of hydrogen-bond acceptors (Lipinski definition) is 2. The predicted octanol–water partition coefficient (Wildman–Crippen LogP) is 3.77. The van der Waals surface area contributed by atoms with E-state index in [2.05, 4.69) is 10.6 Å². The van der Waals surface area contributed by atoms with E-state index in [1.807, 2.05) is 0 Å². The Bertz CT molecular complexity index is 852. The zero-order valence-electron chi connectivity index (χ0n) is 13.9. The van der Waals surface area contributed by atoms with Gasteiger partial charge in [-0.3, -0.25) is 4.79 Å². The van der Waals surface area contributed by atoms with Gasteiger partial charge < -0.3 is 15.5 Å². The van der Waals surface area contributed by atoms with Gasteiger partial charge in [-0.15, -0.1) is 0 Å². The van der Waals surface area contributed by atoms with Gasteiger partial charge in [0.1, 0.15) is 11.9 Å². The van der Waals surface area contributed by atoms with Crippen LogP contribution < -0.4 is 15.5 Å². The van der Waals surface area contributed by atoms with E-state index in [9.17, 15) is 27.2 Å². The first-order valence-electron chi connectivity index (χ1n) is 8.06. The van der Waals surface area contributed by atoms with E-state index in [0.717, 1.165) is 12.1 Å². The molecular weight excluding hydrogens is 366 g/mol. The lowest BCUT2D eigenvalue weighted by atomic mass is 10.2. The molecule has 2 aromatic carbocycles. The molecule has 0 radical (unpaired) electrons. The Morgan fingerprint density at radius 2 is 1.81 bits per heavy atom. The van der Waals surface area contributed by atoms with Crippen molar-refractivity contribution in [3.05, 3.63) is 59.9 Å². The summed E-state index contributed by atoms with van der Waals surface area (Å²) in [7, 11) is 0. The number of urea groups is 1. The summed E-state index contributed by atoms with van der Waals surface area (Å²) in [6, 6.07) is 7.95. The van der Waals surface area contributed by atoms with Gasteiger partial charge in [0, 0.05) is 17.9 Å². The molecule has 0 aliphatic carbocycles. The van der Waals surface area contributed by atoms with Crippen LogP contribution in [-0.4, -0.2) is 24.5 Å². The number of rotatable bonds is 3. The van der Waals surface area contributed by atoms with Crippen molar-refractivity contribution in [1.29, 1.82) is 0 Å². The standard InChI is InChI=1S/C18H15F4N3O2/c19-12-4-6-14(7-5-12)25-9-8-15(16(25)26)24-17(27)23-13-3-1-2-11(10-13)18(20,21)22/h1-7,10,15H,8-9H2,(H2,23,24,27)/t15-/m1/s1. The predicted molar refractivity (Wildman–Crippen MR) is 90.8 cm³/mol. The first-order chi connectivity index (χ1) is 12.7. The minimum Gasteiger partial charge on any atom is -0.326 e. The van der Waals surface area contributed by atoms with Gasteiger partial charge in [0.15, 0.2) is 0 Å². The molecule has 5 nitrogen and oxygen atoms in total. The number of carbonyl (C=O) groups excluding carboxylic acids is 2. The van der Waals surface area contributed by atoms with E-state index in [4.69, 9.17) is 0 Å². The van der Waals surface area contributed by atoms with Gasteiger partial charge in [-0.1, -0.05) is 6.07 Å². The van der Waals surface area contributed by atoms with Crippen LogP contribution in [0.2, 0.25) is 0 Å².